The summed E-state index contributed by atoms with van der Waals surface area (Å²) in [5.41, 5.74) is 0. The third-order valence-electron chi connectivity index (χ3n) is 10.7. The number of ether oxygens (including phenoxy) is 3. The smallest absolute Gasteiger partial charge is 0.306 e. The van der Waals surface area contributed by atoms with Crippen molar-refractivity contribution in [2.45, 2.75) is 219 Å². The van der Waals surface area contributed by atoms with Crippen LogP contribution in [0.1, 0.15) is 213 Å². The fourth-order valence-corrected chi connectivity index (χ4v) is 6.84. The number of allylic oxidation sites excluding steroid dienone is 20. The van der Waals surface area contributed by atoms with E-state index in [1.165, 1.54) is 77.0 Å². The zero-order valence-corrected chi connectivity index (χ0v) is 41.7. The van der Waals surface area contributed by atoms with Crippen LogP contribution >= 0.6 is 0 Å². The first-order chi connectivity index (χ1) is 32.0. The number of rotatable bonds is 45. The second-order valence-corrected chi connectivity index (χ2v) is 16.9. The van der Waals surface area contributed by atoms with E-state index < -0.39 is 6.10 Å². The standard InChI is InChI=1S/C59H94O6/c1-4-7-10-13-16-19-22-25-27-28-29-30-32-34-37-40-43-46-49-52-58(61)64-55-56(54-63-57(60)51-48-45-42-39-36-33-24-21-18-15-12-9-6-3)65-59(62)53-50-47-44-41-38-35-31-26-23-20-17-14-11-8-5-2/h7,9-10,12-13,15-16,18-19,21-22,24-25,27-30,32,34,37,56H,4-6,8,11,14,17,20,23,26,31,33,35-36,38-55H2,1-3H3/b10-7+,12-9+,16-13+,18-15+,22-19+,24-21+,27-25+,29-28+,32-30+,37-34+. The fourth-order valence-electron chi connectivity index (χ4n) is 6.84. The Balaban J connectivity index is 4.52. The molecule has 0 saturated carbocycles. The van der Waals surface area contributed by atoms with E-state index in [9.17, 15) is 14.4 Å². The van der Waals surface area contributed by atoms with Crippen LogP contribution in [0, 0.1) is 0 Å². The van der Waals surface area contributed by atoms with Crippen molar-refractivity contribution in [2.75, 3.05) is 13.2 Å². The lowest BCUT2D eigenvalue weighted by Crippen LogP contribution is -2.30. The van der Waals surface area contributed by atoms with E-state index in [1.54, 1.807) is 0 Å². The first kappa shape index (κ1) is 60.8. The molecule has 0 aliphatic heterocycles. The first-order valence-corrected chi connectivity index (χ1v) is 26.2. The minimum Gasteiger partial charge on any atom is -0.462 e. The summed E-state index contributed by atoms with van der Waals surface area (Å²) in [4.78, 5) is 38.0. The molecule has 1 atom stereocenters. The Labute approximate surface area is 399 Å². The summed E-state index contributed by atoms with van der Waals surface area (Å²) in [7, 11) is 0. The average molecular weight is 899 g/mol. The zero-order valence-electron chi connectivity index (χ0n) is 41.7. The number of hydrogen-bond acceptors (Lipinski definition) is 6. The predicted octanol–water partition coefficient (Wildman–Crippen LogP) is 17.3. The van der Waals surface area contributed by atoms with Crippen LogP contribution < -0.4 is 0 Å². The Morgan fingerprint density at radius 1 is 0.323 bits per heavy atom. The Morgan fingerprint density at radius 2 is 0.600 bits per heavy atom. The third-order valence-corrected chi connectivity index (χ3v) is 10.7. The number of carbonyl (C=O) groups is 3. The highest BCUT2D eigenvalue weighted by Gasteiger charge is 2.19. The van der Waals surface area contributed by atoms with Crippen molar-refractivity contribution in [1.82, 2.24) is 0 Å². The van der Waals surface area contributed by atoms with Gasteiger partial charge in [-0.1, -0.05) is 258 Å². The number of esters is 3. The van der Waals surface area contributed by atoms with Gasteiger partial charge in [-0.05, 0) is 57.8 Å². The van der Waals surface area contributed by atoms with Gasteiger partial charge in [0.2, 0.25) is 0 Å². The molecule has 366 valence electrons. The molecule has 0 spiro atoms. The molecule has 0 aliphatic rings. The SMILES string of the molecule is CC/C=C/C=C/C=C/C=C/C=C/C=C/C=C/CCCCCC(=O)OCC(COC(=O)CCCCCCC/C=C/C=C/C=C/CC)OC(=O)CCCCCCCCCCCCCCCCC. The minimum absolute atomic E-state index is 0.106. The average Bonchev–Trinajstić information content (AvgIpc) is 3.30. The highest BCUT2D eigenvalue weighted by molar-refractivity contribution is 5.71. The summed E-state index contributed by atoms with van der Waals surface area (Å²) in [6.45, 7) is 6.29. The lowest BCUT2D eigenvalue weighted by atomic mass is 10.0. The van der Waals surface area contributed by atoms with Crippen molar-refractivity contribution in [3.63, 3.8) is 0 Å². The molecular formula is C59H94O6. The van der Waals surface area contributed by atoms with Gasteiger partial charge in [-0.3, -0.25) is 14.4 Å². The van der Waals surface area contributed by atoms with Gasteiger partial charge >= 0.3 is 17.9 Å². The van der Waals surface area contributed by atoms with Crippen LogP contribution in [0.4, 0.5) is 0 Å². The summed E-state index contributed by atoms with van der Waals surface area (Å²) in [5.74, 6) is -0.974. The molecule has 0 rings (SSSR count). The minimum atomic E-state index is -0.807. The van der Waals surface area contributed by atoms with Crippen molar-refractivity contribution >= 4 is 17.9 Å². The normalized spacial score (nSPS) is 13.1. The first-order valence-electron chi connectivity index (χ1n) is 26.2. The lowest BCUT2D eigenvalue weighted by Gasteiger charge is -2.18. The van der Waals surface area contributed by atoms with Gasteiger partial charge in [0.15, 0.2) is 6.10 Å². The summed E-state index contributed by atoms with van der Waals surface area (Å²) in [5, 5.41) is 0. The highest BCUT2D eigenvalue weighted by Crippen LogP contribution is 2.15. The Kier molecular flexibility index (Phi) is 49.1. The van der Waals surface area contributed by atoms with E-state index in [4.69, 9.17) is 14.2 Å². The summed E-state index contributed by atoms with van der Waals surface area (Å²) >= 11 is 0. The van der Waals surface area contributed by atoms with E-state index >= 15 is 0 Å². The van der Waals surface area contributed by atoms with E-state index in [1.807, 2.05) is 72.9 Å². The number of carbonyl (C=O) groups excluding carboxylic acids is 3. The molecule has 0 saturated heterocycles. The molecule has 1 unspecified atom stereocenters. The van der Waals surface area contributed by atoms with Crippen molar-refractivity contribution in [3.05, 3.63) is 122 Å². The molecule has 0 amide bonds. The Morgan fingerprint density at radius 3 is 0.954 bits per heavy atom. The Bertz CT molecular complexity index is 1400. The molecule has 0 aromatic rings. The molecule has 0 aromatic heterocycles. The van der Waals surface area contributed by atoms with Crippen molar-refractivity contribution < 1.29 is 28.6 Å². The molecule has 0 bridgehead atoms. The van der Waals surface area contributed by atoms with Gasteiger partial charge in [0.1, 0.15) is 13.2 Å². The topological polar surface area (TPSA) is 78.9 Å². The molecular weight excluding hydrogens is 805 g/mol. The maximum Gasteiger partial charge on any atom is 0.306 e. The van der Waals surface area contributed by atoms with Gasteiger partial charge in [-0.25, -0.2) is 0 Å². The zero-order chi connectivity index (χ0) is 47.2. The summed E-state index contributed by atoms with van der Waals surface area (Å²) in [6.07, 6.45) is 71.7. The largest absolute Gasteiger partial charge is 0.462 e. The fraction of sp³-hybridized carbons (Fsp3) is 0.610. The van der Waals surface area contributed by atoms with Crippen molar-refractivity contribution in [1.29, 1.82) is 0 Å². The van der Waals surface area contributed by atoms with Gasteiger partial charge in [-0.2, -0.15) is 0 Å². The maximum absolute atomic E-state index is 12.8. The molecule has 0 aliphatic carbocycles. The van der Waals surface area contributed by atoms with Gasteiger partial charge in [0.25, 0.3) is 0 Å². The van der Waals surface area contributed by atoms with E-state index in [-0.39, 0.29) is 31.1 Å². The van der Waals surface area contributed by atoms with Crippen LogP contribution in [0.3, 0.4) is 0 Å². The van der Waals surface area contributed by atoms with Crippen LogP contribution in [0.2, 0.25) is 0 Å². The monoisotopic (exact) mass is 899 g/mol. The highest BCUT2D eigenvalue weighted by atomic mass is 16.6. The van der Waals surface area contributed by atoms with E-state index in [2.05, 4.69) is 69.4 Å². The third kappa shape index (κ3) is 50.7. The lowest BCUT2D eigenvalue weighted by molar-refractivity contribution is -0.167. The van der Waals surface area contributed by atoms with Crippen LogP contribution in [0.5, 0.6) is 0 Å². The molecule has 65 heavy (non-hydrogen) atoms. The molecule has 0 N–H and O–H groups in total. The molecule has 6 nitrogen and oxygen atoms in total. The quantitative estimate of drug-likeness (QED) is 0.0262. The van der Waals surface area contributed by atoms with Crippen LogP contribution in [0.15, 0.2) is 122 Å². The van der Waals surface area contributed by atoms with Crippen LogP contribution in [-0.4, -0.2) is 37.2 Å². The molecule has 0 aromatic carbocycles. The van der Waals surface area contributed by atoms with Crippen LogP contribution in [-0.2, 0) is 28.6 Å². The number of hydrogen-bond donors (Lipinski definition) is 0. The van der Waals surface area contributed by atoms with Crippen molar-refractivity contribution in [3.8, 4) is 0 Å². The maximum atomic E-state index is 12.8. The van der Waals surface area contributed by atoms with Gasteiger partial charge in [0.05, 0.1) is 0 Å². The summed E-state index contributed by atoms with van der Waals surface area (Å²) in [6, 6.07) is 0. The van der Waals surface area contributed by atoms with Gasteiger partial charge in [-0.15, -0.1) is 0 Å². The summed E-state index contributed by atoms with van der Waals surface area (Å²) < 4.78 is 16.8. The Hall–Kier alpha value is -4.19. The number of unbranched alkanes of at least 4 members (excludes halogenated alkanes) is 22. The van der Waals surface area contributed by atoms with E-state index in [0.29, 0.717) is 19.3 Å². The molecule has 0 radical (unpaired) electrons. The molecule has 0 heterocycles. The second kappa shape index (κ2) is 52.4. The van der Waals surface area contributed by atoms with E-state index in [0.717, 1.165) is 96.3 Å². The molecule has 0 fully saturated rings. The van der Waals surface area contributed by atoms with Gasteiger partial charge < -0.3 is 14.2 Å². The van der Waals surface area contributed by atoms with Gasteiger partial charge in [0, 0.05) is 19.3 Å². The second-order valence-electron chi connectivity index (χ2n) is 16.9. The van der Waals surface area contributed by atoms with Crippen molar-refractivity contribution in [2.24, 2.45) is 0 Å². The molecule has 6 heteroatoms. The van der Waals surface area contributed by atoms with Crippen LogP contribution in [0.25, 0.3) is 0 Å². The predicted molar refractivity (Wildman–Crippen MR) is 279 cm³/mol.